The summed E-state index contributed by atoms with van der Waals surface area (Å²) in [6.45, 7) is -1.48. The van der Waals surface area contributed by atoms with Gasteiger partial charge in [0.15, 0.2) is 0 Å². The van der Waals surface area contributed by atoms with Crippen molar-refractivity contribution in [3.63, 3.8) is 0 Å². The van der Waals surface area contributed by atoms with Crippen molar-refractivity contribution in [2.75, 3.05) is 6.52 Å². The molecule has 0 aliphatic heterocycles. The Bertz CT molecular complexity index is 66.7. The highest BCUT2D eigenvalue weighted by Gasteiger charge is 1.81. The molecule has 0 fully saturated rings. The Kier molecular flexibility index (Phi) is 4.50. The highest BCUT2D eigenvalue weighted by Crippen LogP contribution is 1.43. The van der Waals surface area contributed by atoms with Crippen LogP contribution in [0, 0.1) is 0 Å². The molecule has 0 spiro atoms. The van der Waals surface area contributed by atoms with Crippen LogP contribution in [-0.2, 0) is 4.79 Å². The molecule has 0 saturated carbocycles. The van der Waals surface area contributed by atoms with Crippen LogP contribution >= 0.6 is 12.4 Å². The fraction of sp³-hybridized carbons (Fsp3) is 0.500. The third kappa shape index (κ3) is 9.30. The monoisotopic (exact) mass is 112 g/mol. The van der Waals surface area contributed by atoms with Gasteiger partial charge in [-0.2, -0.15) is 0 Å². The number of rotatable bonds is 1. The van der Waals surface area contributed by atoms with Gasteiger partial charge in [0.2, 0.25) is 0 Å². The maximum absolute atomic E-state index is 9.39. The van der Waals surface area contributed by atoms with Crippen LogP contribution in [0.2, 0.25) is 0 Å². The third-order valence-corrected chi connectivity index (χ3v) is 0.143. The number of carboxylic acid groups (broad SMARTS) is 1. The largest absolute Gasteiger partial charge is 0.480 e. The van der Waals surface area contributed by atoms with Crippen molar-refractivity contribution in [1.82, 2.24) is 0 Å². The number of hydrogen-bond donors (Lipinski definition) is 2. The molecule has 0 bridgehead atoms. The molecule has 3 nitrogen and oxygen atoms in total. The molecule has 6 heavy (non-hydrogen) atoms. The third-order valence-electron chi connectivity index (χ3n) is 0.143. The summed E-state index contributed by atoms with van der Waals surface area (Å²) in [4.78, 5) is 9.39. The summed E-state index contributed by atoms with van der Waals surface area (Å²) in [5.74, 6) is -1.30. The summed E-state index contributed by atoms with van der Waals surface area (Å²) >= 11 is 0. The summed E-state index contributed by atoms with van der Waals surface area (Å²) < 4.78 is 6.21. The number of halogens is 1. The molecule has 38 valence electrons. The van der Waals surface area contributed by atoms with Gasteiger partial charge in [-0.3, -0.25) is 4.79 Å². The van der Waals surface area contributed by atoms with Crippen molar-refractivity contribution in [1.29, 1.82) is 0 Å². The fourth-order valence-corrected chi connectivity index (χ4v) is 0. The van der Waals surface area contributed by atoms with Crippen LogP contribution in [0.15, 0.2) is 0 Å². The van der Waals surface area contributed by atoms with E-state index in [1.807, 2.05) is 0 Å². The molecule has 0 heterocycles. The van der Waals surface area contributed by atoms with Crippen LogP contribution < -0.4 is 5.73 Å². The second-order valence-corrected chi connectivity index (χ2v) is 0.505. The van der Waals surface area contributed by atoms with Gasteiger partial charge in [0.25, 0.3) is 0 Å². The molecule has 1 atom stereocenters. The van der Waals surface area contributed by atoms with Gasteiger partial charge >= 0.3 is 5.97 Å². The zero-order chi connectivity index (χ0) is 5.15. The first-order chi connectivity index (χ1) is 2.64. The van der Waals surface area contributed by atoms with Crippen molar-refractivity contribution in [3.8, 4) is 0 Å². The average Bonchev–Trinajstić information content (AvgIpc) is 1.36. The molecule has 0 amide bonds. The number of carbonyl (C=O) groups is 1. The molecule has 0 aliphatic carbocycles. The van der Waals surface area contributed by atoms with Crippen LogP contribution in [0.4, 0.5) is 0 Å². The van der Waals surface area contributed by atoms with E-state index in [4.69, 9.17) is 6.48 Å². The lowest BCUT2D eigenvalue weighted by molar-refractivity contribution is -0.135. The summed E-state index contributed by atoms with van der Waals surface area (Å²) in [6.07, 6.45) is 0. The lowest BCUT2D eigenvalue weighted by Gasteiger charge is -1.73. The lowest BCUT2D eigenvalue weighted by atomic mass is 10.7. The molecule has 0 aromatic carbocycles. The molecule has 0 aromatic heterocycles. The molecule has 0 saturated heterocycles. The fourth-order valence-electron chi connectivity index (χ4n) is 0. The van der Waals surface area contributed by atoms with Gasteiger partial charge in [-0.05, 0) is 0 Å². The first-order valence-electron chi connectivity index (χ1n) is 1.63. The molecular formula is C2H6ClNO2. The zero-order valence-corrected chi connectivity index (χ0v) is 3.73. The van der Waals surface area contributed by atoms with E-state index in [-0.39, 0.29) is 12.4 Å². The molecule has 3 N–H and O–H groups in total. The van der Waals surface area contributed by atoms with Crippen molar-refractivity contribution in [3.05, 3.63) is 0 Å². The van der Waals surface area contributed by atoms with E-state index in [1.54, 1.807) is 0 Å². The van der Waals surface area contributed by atoms with E-state index in [0.717, 1.165) is 0 Å². The minimum absolute atomic E-state index is 0. The van der Waals surface area contributed by atoms with Crippen LogP contribution in [0.1, 0.15) is 1.37 Å². The van der Waals surface area contributed by atoms with Gasteiger partial charge < -0.3 is 10.8 Å². The quantitative estimate of drug-likeness (QED) is 0.479. The first-order valence-corrected chi connectivity index (χ1v) is 1.05. The van der Waals surface area contributed by atoms with Gasteiger partial charge in [-0.25, -0.2) is 0 Å². The molecule has 0 unspecified atom stereocenters. The van der Waals surface area contributed by atoms with E-state index < -0.39 is 12.5 Å². The van der Waals surface area contributed by atoms with Crippen molar-refractivity contribution in [2.24, 2.45) is 5.73 Å². The lowest BCUT2D eigenvalue weighted by Crippen LogP contribution is -2.10. The minimum Gasteiger partial charge on any atom is -0.480 e. The zero-order valence-electron chi connectivity index (χ0n) is 3.92. The molecule has 0 radical (unpaired) electrons. The number of aliphatic carboxylic acids is 1. The predicted molar refractivity (Wildman–Crippen MR) is 23.9 cm³/mol. The van der Waals surface area contributed by atoms with E-state index in [1.165, 1.54) is 0 Å². The Morgan fingerprint density at radius 2 is 2.33 bits per heavy atom. The van der Waals surface area contributed by atoms with Gasteiger partial charge in [-0.1, -0.05) is 0 Å². The molecule has 4 heteroatoms. The van der Waals surface area contributed by atoms with Crippen LogP contribution in [0.25, 0.3) is 0 Å². The summed E-state index contributed by atoms with van der Waals surface area (Å²) in [5.41, 5.74) is 4.50. The maximum Gasteiger partial charge on any atom is 0.317 e. The van der Waals surface area contributed by atoms with Crippen molar-refractivity contribution in [2.45, 2.75) is 0 Å². The van der Waals surface area contributed by atoms with Gasteiger partial charge in [0, 0.05) is 0 Å². The molecular weight excluding hydrogens is 105 g/mol. The molecule has 0 aliphatic rings. The first kappa shape index (κ1) is 5.72. The summed E-state index contributed by atoms with van der Waals surface area (Å²) in [5, 5.41) is 7.68. The second-order valence-electron chi connectivity index (χ2n) is 0.505. The minimum atomic E-state index is -1.48. The van der Waals surface area contributed by atoms with E-state index in [0.29, 0.717) is 0 Å². The number of nitrogens with two attached hydrogens (primary N) is 1. The smallest absolute Gasteiger partial charge is 0.317 e. The molecule has 0 rings (SSSR count). The SMILES string of the molecule is Cl.[2H][C@H](N)C(=O)O. The Balaban J connectivity index is 0. The highest BCUT2D eigenvalue weighted by molar-refractivity contribution is 5.85. The van der Waals surface area contributed by atoms with Crippen LogP contribution in [-0.4, -0.2) is 17.6 Å². The predicted octanol–water partition coefficient (Wildman–Crippen LogP) is -0.548. The van der Waals surface area contributed by atoms with E-state index >= 15 is 0 Å². The Hall–Kier alpha value is -0.280. The normalized spacial score (nSPS) is 13.8. The second kappa shape index (κ2) is 4.72. The Labute approximate surface area is 43.0 Å². The maximum atomic E-state index is 9.39. The van der Waals surface area contributed by atoms with Crippen molar-refractivity contribution >= 4 is 18.4 Å². The van der Waals surface area contributed by atoms with Gasteiger partial charge in [0.05, 0.1) is 7.89 Å². The molecule has 0 aromatic rings. The topological polar surface area (TPSA) is 63.3 Å². The average molecular weight is 113 g/mol. The standard InChI is InChI=1S/C2H5NO2.ClH/c3-1-2(4)5;/h1,3H2,(H,4,5);1H/i1D;/t1-;/m0./s1. The summed E-state index contributed by atoms with van der Waals surface area (Å²) in [6, 6.07) is 0. The van der Waals surface area contributed by atoms with Crippen molar-refractivity contribution < 1.29 is 11.3 Å². The van der Waals surface area contributed by atoms with Crippen LogP contribution in [0.3, 0.4) is 0 Å². The summed E-state index contributed by atoms with van der Waals surface area (Å²) in [7, 11) is 0. The Morgan fingerprint density at radius 1 is 2.17 bits per heavy atom. The van der Waals surface area contributed by atoms with Crippen LogP contribution in [0.5, 0.6) is 0 Å². The number of carboxylic acids is 1. The van der Waals surface area contributed by atoms with E-state index in [9.17, 15) is 4.79 Å². The Morgan fingerprint density at radius 3 is 2.33 bits per heavy atom. The number of hydrogen-bond acceptors (Lipinski definition) is 2. The highest BCUT2D eigenvalue weighted by atomic mass is 35.5. The van der Waals surface area contributed by atoms with Gasteiger partial charge in [0.1, 0.15) is 0 Å². The van der Waals surface area contributed by atoms with Gasteiger partial charge in [-0.15, -0.1) is 12.4 Å². The van der Waals surface area contributed by atoms with E-state index in [2.05, 4.69) is 5.73 Å².